The number of aliphatic hydroxyl groups is 1. The molecule has 4 N–H and O–H groups in total. The molecule has 7 heterocycles. The van der Waals surface area contributed by atoms with E-state index in [4.69, 9.17) is 20.2 Å². The van der Waals surface area contributed by atoms with Gasteiger partial charge in [-0.1, -0.05) is 44.4 Å². The van der Waals surface area contributed by atoms with Crippen LogP contribution in [0, 0.1) is 0 Å². The minimum atomic E-state index is -0.917. The lowest BCUT2D eigenvalue weighted by Crippen LogP contribution is -2.53. The van der Waals surface area contributed by atoms with E-state index in [2.05, 4.69) is 44.3 Å². The van der Waals surface area contributed by atoms with Crippen molar-refractivity contribution in [3.63, 3.8) is 0 Å². The Morgan fingerprint density at radius 3 is 2.73 bits per heavy atom. The average Bonchev–Trinajstić information content (AvgIpc) is 2.93. The zero-order valence-electron chi connectivity index (χ0n) is 24.6. The van der Waals surface area contributed by atoms with Crippen LogP contribution in [-0.2, 0) is 11.2 Å². The van der Waals surface area contributed by atoms with Crippen molar-refractivity contribution < 1.29 is 19.4 Å². The van der Waals surface area contributed by atoms with Gasteiger partial charge in [0.2, 0.25) is 5.91 Å². The van der Waals surface area contributed by atoms with Gasteiger partial charge in [-0.3, -0.25) is 15.0 Å². The molecule has 8 bridgehead atoms. The minimum absolute atomic E-state index is 0.0191. The molecule has 4 atom stereocenters. The molecule has 2 aromatic carbocycles. The smallest absolute Gasteiger partial charge is 0.232 e. The largest absolute Gasteiger partial charge is 0.493 e. The third-order valence-corrected chi connectivity index (χ3v) is 9.43. The van der Waals surface area contributed by atoms with Gasteiger partial charge >= 0.3 is 0 Å². The number of aryl methyl sites for hydroxylation is 1. The van der Waals surface area contributed by atoms with E-state index >= 15 is 0 Å². The van der Waals surface area contributed by atoms with Crippen molar-refractivity contribution in [2.75, 3.05) is 6.61 Å². The molecule has 0 fully saturated rings. The Labute approximate surface area is 243 Å². The van der Waals surface area contributed by atoms with Crippen molar-refractivity contribution in [2.45, 2.75) is 114 Å². The van der Waals surface area contributed by atoms with E-state index in [1.54, 1.807) is 4.90 Å². The molecule has 7 aliphatic rings. The molecule has 2 aromatic rings. The Hall–Kier alpha value is -3.10. The summed E-state index contributed by atoms with van der Waals surface area (Å²) < 4.78 is 12.4. The lowest BCUT2D eigenvalue weighted by Gasteiger charge is -2.42. The zero-order valence-corrected chi connectivity index (χ0v) is 24.6. The second-order valence-electron chi connectivity index (χ2n) is 12.9. The quantitative estimate of drug-likeness (QED) is 0.419. The monoisotopic (exact) mass is 560 g/mol. The third kappa shape index (κ3) is 5.56. The van der Waals surface area contributed by atoms with Crippen molar-refractivity contribution >= 4 is 11.9 Å². The van der Waals surface area contributed by atoms with Gasteiger partial charge in [-0.15, -0.1) is 0 Å². The van der Waals surface area contributed by atoms with Crippen molar-refractivity contribution in [3.8, 4) is 11.5 Å². The first-order chi connectivity index (χ1) is 19.7. The summed E-state index contributed by atoms with van der Waals surface area (Å²) >= 11 is 0. The van der Waals surface area contributed by atoms with Crippen LogP contribution in [-0.4, -0.2) is 39.6 Å². The molecular formula is C33H44N4O4. The summed E-state index contributed by atoms with van der Waals surface area (Å²) in [6.45, 7) is 6.79. The highest BCUT2D eigenvalue weighted by Crippen LogP contribution is 2.43. The van der Waals surface area contributed by atoms with Gasteiger partial charge in [-0.25, -0.2) is 4.99 Å². The number of hydrogen-bond donors (Lipinski definition) is 3. The Kier molecular flexibility index (Phi) is 7.49. The van der Waals surface area contributed by atoms with E-state index in [0.29, 0.717) is 31.2 Å². The number of benzene rings is 2. The normalized spacial score (nSPS) is 29.7. The Balaban J connectivity index is 1.38. The molecule has 9 rings (SSSR count). The predicted molar refractivity (Wildman–Crippen MR) is 159 cm³/mol. The number of carbonyl (C=O) groups excluding carboxylic acids is 1. The molecule has 8 nitrogen and oxygen atoms in total. The van der Waals surface area contributed by atoms with Crippen LogP contribution in [0.2, 0.25) is 0 Å². The number of nitrogens with two attached hydrogens (primary N) is 1. The molecule has 0 aromatic heterocycles. The van der Waals surface area contributed by atoms with Crippen LogP contribution in [0.3, 0.4) is 0 Å². The summed E-state index contributed by atoms with van der Waals surface area (Å²) in [4.78, 5) is 20.4. The summed E-state index contributed by atoms with van der Waals surface area (Å²) in [7, 11) is 0. The van der Waals surface area contributed by atoms with Gasteiger partial charge in [0.05, 0.1) is 24.6 Å². The second kappa shape index (κ2) is 11.0. The Morgan fingerprint density at radius 1 is 1.10 bits per heavy atom. The van der Waals surface area contributed by atoms with E-state index in [0.717, 1.165) is 73.8 Å². The molecule has 0 saturated heterocycles. The van der Waals surface area contributed by atoms with Crippen molar-refractivity contribution in [1.82, 2.24) is 10.2 Å². The zero-order chi connectivity index (χ0) is 28.8. The summed E-state index contributed by atoms with van der Waals surface area (Å²) in [5, 5.41) is 14.9. The fourth-order valence-electron chi connectivity index (χ4n) is 7.15. The predicted octanol–water partition coefficient (Wildman–Crippen LogP) is 5.60. The number of nitrogens with one attached hydrogen (secondary N) is 1. The molecule has 0 saturated carbocycles. The van der Waals surface area contributed by atoms with Crippen LogP contribution in [0.1, 0.15) is 119 Å². The van der Waals surface area contributed by atoms with E-state index in [9.17, 15) is 9.90 Å². The molecule has 7 aliphatic heterocycles. The SMILES string of the molecule is CC[C@]12CCCCCCc3ccc4c(c3)OC(C)(C)C[C@@H]4NC(O)c3ccc4c(c3)[C@@H](CCO4)N(C(=O)C1)C(N)=N2. The van der Waals surface area contributed by atoms with Gasteiger partial charge in [0, 0.05) is 30.0 Å². The lowest BCUT2D eigenvalue weighted by molar-refractivity contribution is -0.132. The van der Waals surface area contributed by atoms with Gasteiger partial charge in [0.15, 0.2) is 5.96 Å². The molecular weight excluding hydrogens is 516 g/mol. The molecule has 0 radical (unpaired) electrons. The fraction of sp³-hybridized carbons (Fsp3) is 0.576. The van der Waals surface area contributed by atoms with Crippen molar-refractivity contribution in [2.24, 2.45) is 10.7 Å². The van der Waals surface area contributed by atoms with Crippen LogP contribution in [0.25, 0.3) is 0 Å². The number of nitrogens with zero attached hydrogens (tertiary/aromatic N) is 2. The number of ether oxygens (including phenoxy) is 2. The molecule has 1 amide bonds. The highest BCUT2D eigenvalue weighted by atomic mass is 16.5. The first kappa shape index (κ1) is 28.0. The van der Waals surface area contributed by atoms with Crippen LogP contribution >= 0.6 is 0 Å². The van der Waals surface area contributed by atoms with Crippen LogP contribution in [0.15, 0.2) is 41.4 Å². The fourth-order valence-corrected chi connectivity index (χ4v) is 7.15. The topological polar surface area (TPSA) is 109 Å². The highest BCUT2D eigenvalue weighted by Gasteiger charge is 2.42. The summed E-state index contributed by atoms with van der Waals surface area (Å²) in [5.41, 5.74) is 9.70. The van der Waals surface area contributed by atoms with Gasteiger partial charge in [0.1, 0.15) is 23.3 Å². The molecule has 0 spiro atoms. The molecule has 41 heavy (non-hydrogen) atoms. The summed E-state index contributed by atoms with van der Waals surface area (Å²) in [6.07, 6.45) is 7.77. The number of amides is 1. The first-order valence-corrected chi connectivity index (χ1v) is 15.4. The van der Waals surface area contributed by atoms with E-state index in [-0.39, 0.29) is 23.6 Å². The average molecular weight is 561 g/mol. The van der Waals surface area contributed by atoms with Crippen LogP contribution < -0.4 is 20.5 Å². The van der Waals surface area contributed by atoms with E-state index in [1.165, 1.54) is 5.56 Å². The summed E-state index contributed by atoms with van der Waals surface area (Å²) in [5.74, 6) is 1.93. The third-order valence-electron chi connectivity index (χ3n) is 9.43. The van der Waals surface area contributed by atoms with Gasteiger partial charge < -0.3 is 20.3 Å². The van der Waals surface area contributed by atoms with Crippen LogP contribution in [0.5, 0.6) is 11.5 Å². The van der Waals surface area contributed by atoms with Gasteiger partial charge in [-0.2, -0.15) is 0 Å². The Bertz CT molecular complexity index is 1340. The van der Waals surface area contributed by atoms with Gasteiger partial charge in [0.25, 0.3) is 0 Å². The van der Waals surface area contributed by atoms with Crippen molar-refractivity contribution in [1.29, 1.82) is 0 Å². The van der Waals surface area contributed by atoms with Crippen molar-refractivity contribution in [3.05, 3.63) is 58.7 Å². The Morgan fingerprint density at radius 2 is 1.93 bits per heavy atom. The molecule has 220 valence electrons. The molecule has 0 aliphatic carbocycles. The number of guanidine groups is 1. The van der Waals surface area contributed by atoms with Crippen LogP contribution in [0.4, 0.5) is 0 Å². The number of hydrogen-bond acceptors (Lipinski definition) is 7. The molecule has 8 heteroatoms. The second-order valence-corrected chi connectivity index (χ2v) is 12.9. The maximum Gasteiger partial charge on any atom is 0.232 e. The first-order valence-electron chi connectivity index (χ1n) is 15.4. The van der Waals surface area contributed by atoms with Gasteiger partial charge in [-0.05, 0) is 68.9 Å². The maximum atomic E-state index is 13.7. The van der Waals surface area contributed by atoms with E-state index in [1.807, 2.05) is 18.2 Å². The summed E-state index contributed by atoms with van der Waals surface area (Å²) in [6, 6.07) is 11.9. The molecule has 1 unspecified atom stereocenters. The number of rotatable bonds is 1. The minimum Gasteiger partial charge on any atom is -0.493 e. The van der Waals surface area contributed by atoms with E-state index < -0.39 is 11.8 Å². The number of aliphatic imine (C=N–C) groups is 1. The standard InChI is InChI=1S/C33H44N4O4/c1-4-33-15-8-6-5-7-9-21-10-12-23-25(19-32(2,3)41-28(23)17-21)35-30(39)22-11-13-27-24(18-22)26(14-16-40-27)37(29(38)20-33)31(34)36-33/h10-13,17-18,25-26,30,35,39H,4-9,14-16,19-20H2,1-3H3,(H2,34,36)/t25-,26+,30?,33-/m0/s1. The number of aliphatic hydroxyl groups excluding tert-OH is 1. The highest BCUT2D eigenvalue weighted by molar-refractivity contribution is 5.99. The maximum absolute atomic E-state index is 13.7. The number of carbonyl (C=O) groups is 1. The lowest BCUT2D eigenvalue weighted by atomic mass is 9.84.